The molecule has 10 heteroatoms. The average molecular weight is 554 g/mol. The standard InChI is InChI=1S/C22H28FIN6O2/c1-4-5-6-29(13(2)3)7-8-30-18(26-19-20(25)27-22(23)28-21(19)30)10-14-9-16-17(11-15(14)24)32-12-31-16/h9,11,13H,4-8,10,12H2,1-3H3,(H2,25,27,28). The lowest BCUT2D eigenvalue weighted by Crippen LogP contribution is -2.35. The van der Waals surface area contributed by atoms with Crippen LogP contribution in [-0.2, 0) is 13.0 Å². The number of nitrogens with zero attached hydrogens (tertiary/aromatic N) is 5. The Balaban J connectivity index is 1.70. The Kier molecular flexibility index (Phi) is 6.99. The smallest absolute Gasteiger partial charge is 0.312 e. The van der Waals surface area contributed by atoms with Crippen molar-refractivity contribution in [2.75, 3.05) is 25.6 Å². The van der Waals surface area contributed by atoms with Gasteiger partial charge >= 0.3 is 6.08 Å². The molecule has 1 aliphatic rings. The number of imidazole rings is 1. The van der Waals surface area contributed by atoms with Crippen molar-refractivity contribution in [3.8, 4) is 11.5 Å². The van der Waals surface area contributed by atoms with E-state index in [1.807, 2.05) is 16.7 Å². The van der Waals surface area contributed by atoms with E-state index in [1.165, 1.54) is 0 Å². The highest BCUT2D eigenvalue weighted by molar-refractivity contribution is 14.1. The number of ether oxygens (including phenoxy) is 2. The van der Waals surface area contributed by atoms with Gasteiger partial charge in [-0.3, -0.25) is 4.90 Å². The Morgan fingerprint density at radius 1 is 1.19 bits per heavy atom. The van der Waals surface area contributed by atoms with E-state index >= 15 is 0 Å². The fraction of sp³-hybridized carbons (Fsp3) is 0.500. The summed E-state index contributed by atoms with van der Waals surface area (Å²) in [5.74, 6) is 2.29. The molecule has 4 rings (SSSR count). The van der Waals surface area contributed by atoms with Gasteiger partial charge in [-0.1, -0.05) is 13.3 Å². The molecule has 1 aromatic carbocycles. The number of aromatic nitrogens is 4. The monoisotopic (exact) mass is 554 g/mol. The second-order valence-electron chi connectivity index (χ2n) is 8.19. The SMILES string of the molecule is CCCCN(CCn1c(Cc2cc3c(cc2I)OCO3)nc2c(N)nc(F)nc21)C(C)C. The van der Waals surface area contributed by atoms with Crippen molar-refractivity contribution in [2.45, 2.75) is 52.6 Å². The number of nitrogen functional groups attached to an aromatic ring is 1. The van der Waals surface area contributed by atoms with Gasteiger partial charge in [0.25, 0.3) is 0 Å². The molecular weight excluding hydrogens is 526 g/mol. The van der Waals surface area contributed by atoms with Crippen LogP contribution in [0.5, 0.6) is 11.5 Å². The molecule has 3 heterocycles. The number of fused-ring (bicyclic) bond motifs is 2. The van der Waals surface area contributed by atoms with E-state index in [-0.39, 0.29) is 12.6 Å². The molecule has 3 aromatic rings. The molecule has 32 heavy (non-hydrogen) atoms. The van der Waals surface area contributed by atoms with Crippen molar-refractivity contribution < 1.29 is 13.9 Å². The lowest BCUT2D eigenvalue weighted by Gasteiger charge is -2.26. The van der Waals surface area contributed by atoms with Crippen LogP contribution in [0.1, 0.15) is 45.0 Å². The van der Waals surface area contributed by atoms with E-state index in [4.69, 9.17) is 20.2 Å². The Labute approximate surface area is 200 Å². The molecule has 172 valence electrons. The molecular formula is C22H28FIN6O2. The van der Waals surface area contributed by atoms with Gasteiger partial charge in [-0.15, -0.1) is 0 Å². The molecule has 0 atom stereocenters. The predicted molar refractivity (Wildman–Crippen MR) is 129 cm³/mol. The molecule has 1 aliphatic heterocycles. The predicted octanol–water partition coefficient (Wildman–Crippen LogP) is 3.98. The third-order valence-electron chi connectivity index (χ3n) is 5.70. The number of hydrogen-bond donors (Lipinski definition) is 1. The van der Waals surface area contributed by atoms with Crippen LogP contribution < -0.4 is 15.2 Å². The maximum atomic E-state index is 14.0. The fourth-order valence-corrected chi connectivity index (χ4v) is 4.52. The number of benzene rings is 1. The van der Waals surface area contributed by atoms with Gasteiger partial charge in [0.15, 0.2) is 28.5 Å². The maximum absolute atomic E-state index is 14.0. The summed E-state index contributed by atoms with van der Waals surface area (Å²) in [6.07, 6.45) is 1.96. The topological polar surface area (TPSA) is 91.3 Å². The number of unbranched alkanes of at least 4 members (excludes halogenated alkanes) is 1. The van der Waals surface area contributed by atoms with E-state index < -0.39 is 6.08 Å². The van der Waals surface area contributed by atoms with Crippen LogP contribution in [0, 0.1) is 9.65 Å². The Hall–Kier alpha value is -2.21. The summed E-state index contributed by atoms with van der Waals surface area (Å²) in [4.78, 5) is 14.9. The van der Waals surface area contributed by atoms with Crippen LogP contribution in [0.4, 0.5) is 10.2 Å². The quantitative estimate of drug-likeness (QED) is 0.316. The second kappa shape index (κ2) is 9.74. The second-order valence-corrected chi connectivity index (χ2v) is 9.35. The highest BCUT2D eigenvalue weighted by Gasteiger charge is 2.21. The number of anilines is 1. The first-order valence-corrected chi connectivity index (χ1v) is 12.0. The fourth-order valence-electron chi connectivity index (χ4n) is 3.89. The van der Waals surface area contributed by atoms with Crippen molar-refractivity contribution in [1.29, 1.82) is 0 Å². The summed E-state index contributed by atoms with van der Waals surface area (Å²) in [5.41, 5.74) is 7.90. The third kappa shape index (κ3) is 4.75. The first-order valence-electron chi connectivity index (χ1n) is 10.9. The molecule has 0 saturated carbocycles. The number of nitrogens with two attached hydrogens (primary N) is 1. The first-order chi connectivity index (χ1) is 15.4. The Bertz CT molecular complexity index is 1120. The van der Waals surface area contributed by atoms with Crippen LogP contribution in [0.3, 0.4) is 0 Å². The summed E-state index contributed by atoms with van der Waals surface area (Å²) in [5, 5.41) is 0. The average Bonchev–Trinajstić information content (AvgIpc) is 3.32. The molecule has 2 aromatic heterocycles. The zero-order valence-corrected chi connectivity index (χ0v) is 20.7. The van der Waals surface area contributed by atoms with Gasteiger partial charge in [-0.05, 0) is 67.1 Å². The lowest BCUT2D eigenvalue weighted by atomic mass is 10.1. The number of halogens is 2. The van der Waals surface area contributed by atoms with E-state index in [1.54, 1.807) is 0 Å². The van der Waals surface area contributed by atoms with Gasteiger partial charge in [0.1, 0.15) is 5.82 Å². The van der Waals surface area contributed by atoms with Crippen molar-refractivity contribution in [3.63, 3.8) is 0 Å². The summed E-state index contributed by atoms with van der Waals surface area (Å²) in [6.45, 7) is 9.25. The minimum atomic E-state index is -0.841. The normalized spacial score (nSPS) is 13.1. The minimum Gasteiger partial charge on any atom is -0.454 e. The molecule has 0 unspecified atom stereocenters. The highest BCUT2D eigenvalue weighted by atomic mass is 127. The first kappa shape index (κ1) is 23.0. The van der Waals surface area contributed by atoms with Gasteiger partial charge in [0, 0.05) is 29.1 Å². The highest BCUT2D eigenvalue weighted by Crippen LogP contribution is 2.36. The zero-order valence-electron chi connectivity index (χ0n) is 18.6. The van der Waals surface area contributed by atoms with Gasteiger partial charge < -0.3 is 19.8 Å². The van der Waals surface area contributed by atoms with Crippen LogP contribution in [0.15, 0.2) is 12.1 Å². The zero-order chi connectivity index (χ0) is 22.8. The largest absolute Gasteiger partial charge is 0.454 e. The molecule has 0 bridgehead atoms. The van der Waals surface area contributed by atoms with Crippen molar-refractivity contribution in [3.05, 3.63) is 33.2 Å². The molecule has 0 spiro atoms. The van der Waals surface area contributed by atoms with E-state index in [9.17, 15) is 4.39 Å². The van der Waals surface area contributed by atoms with E-state index in [0.29, 0.717) is 30.2 Å². The van der Waals surface area contributed by atoms with E-state index in [2.05, 4.69) is 58.2 Å². The van der Waals surface area contributed by atoms with Crippen LogP contribution in [0.2, 0.25) is 0 Å². The third-order valence-corrected chi connectivity index (χ3v) is 6.71. The molecule has 0 fully saturated rings. The Morgan fingerprint density at radius 2 is 1.94 bits per heavy atom. The molecule has 0 radical (unpaired) electrons. The summed E-state index contributed by atoms with van der Waals surface area (Å²) >= 11 is 2.29. The lowest BCUT2D eigenvalue weighted by molar-refractivity contribution is 0.174. The summed E-state index contributed by atoms with van der Waals surface area (Å²) < 4.78 is 28.1. The van der Waals surface area contributed by atoms with Crippen LogP contribution in [-0.4, -0.2) is 50.3 Å². The van der Waals surface area contributed by atoms with Gasteiger partial charge in [0.2, 0.25) is 6.79 Å². The molecule has 0 aliphatic carbocycles. The molecule has 2 N–H and O–H groups in total. The van der Waals surface area contributed by atoms with Crippen molar-refractivity contribution in [1.82, 2.24) is 24.4 Å². The minimum absolute atomic E-state index is 0.0552. The molecule has 0 saturated heterocycles. The van der Waals surface area contributed by atoms with Gasteiger partial charge in [0.05, 0.1) is 0 Å². The van der Waals surface area contributed by atoms with Crippen molar-refractivity contribution in [2.24, 2.45) is 0 Å². The summed E-state index contributed by atoms with van der Waals surface area (Å²) in [6, 6.07) is 4.35. The van der Waals surface area contributed by atoms with Crippen molar-refractivity contribution >= 4 is 39.6 Å². The molecule has 0 amide bonds. The van der Waals surface area contributed by atoms with Gasteiger partial charge in [-0.25, -0.2) is 4.98 Å². The maximum Gasteiger partial charge on any atom is 0.312 e. The van der Waals surface area contributed by atoms with E-state index in [0.717, 1.165) is 52.4 Å². The van der Waals surface area contributed by atoms with Gasteiger partial charge in [-0.2, -0.15) is 14.4 Å². The molecule has 8 nitrogen and oxygen atoms in total. The van der Waals surface area contributed by atoms with Crippen LogP contribution >= 0.6 is 22.6 Å². The van der Waals surface area contributed by atoms with Crippen LogP contribution in [0.25, 0.3) is 11.2 Å². The summed E-state index contributed by atoms with van der Waals surface area (Å²) in [7, 11) is 0. The number of hydrogen-bond acceptors (Lipinski definition) is 7. The number of rotatable bonds is 9. The Morgan fingerprint density at radius 3 is 2.66 bits per heavy atom.